The maximum atomic E-state index is 13.6. The van der Waals surface area contributed by atoms with Gasteiger partial charge in [0.2, 0.25) is 0 Å². The number of thiocarbonyl (C=S) groups is 1. The molecule has 0 radical (unpaired) electrons. The van der Waals surface area contributed by atoms with Crippen LogP contribution in [0, 0.1) is 5.82 Å². The third kappa shape index (κ3) is 3.89. The number of anilines is 1. The van der Waals surface area contributed by atoms with Gasteiger partial charge in [-0.3, -0.25) is 10.1 Å². The second kappa shape index (κ2) is 7.13. The number of hydrogen-bond acceptors (Lipinski definition) is 2. The number of halogens is 1. The molecule has 3 nitrogen and oxygen atoms in total. The van der Waals surface area contributed by atoms with Crippen molar-refractivity contribution in [2.24, 2.45) is 0 Å². The summed E-state index contributed by atoms with van der Waals surface area (Å²) in [6.07, 6.45) is 0. The van der Waals surface area contributed by atoms with Crippen LogP contribution >= 0.6 is 12.2 Å². The molecule has 0 aliphatic heterocycles. The van der Waals surface area contributed by atoms with E-state index < -0.39 is 11.7 Å². The van der Waals surface area contributed by atoms with Crippen molar-refractivity contribution in [2.45, 2.75) is 19.8 Å². The van der Waals surface area contributed by atoms with Crippen molar-refractivity contribution in [3.05, 3.63) is 65.5 Å². The number of rotatable bonds is 3. The minimum absolute atomic E-state index is 0.0382. The normalized spacial score (nSPS) is 10.4. The van der Waals surface area contributed by atoms with Crippen molar-refractivity contribution in [2.75, 3.05) is 5.32 Å². The van der Waals surface area contributed by atoms with Gasteiger partial charge in [0, 0.05) is 5.69 Å². The molecule has 0 bridgehead atoms. The molecule has 2 rings (SSSR count). The molecule has 0 fully saturated rings. The zero-order chi connectivity index (χ0) is 16.1. The molecule has 0 aliphatic carbocycles. The van der Waals surface area contributed by atoms with E-state index in [9.17, 15) is 9.18 Å². The van der Waals surface area contributed by atoms with Gasteiger partial charge in [0.15, 0.2) is 5.11 Å². The first-order chi connectivity index (χ1) is 10.5. The van der Waals surface area contributed by atoms with Crippen LogP contribution in [-0.2, 0) is 0 Å². The molecule has 2 N–H and O–H groups in total. The van der Waals surface area contributed by atoms with Gasteiger partial charge < -0.3 is 5.32 Å². The largest absolute Gasteiger partial charge is 0.332 e. The fourth-order valence-corrected chi connectivity index (χ4v) is 2.29. The minimum Gasteiger partial charge on any atom is -0.332 e. The number of nitrogens with one attached hydrogen (secondary N) is 2. The van der Waals surface area contributed by atoms with E-state index in [0.717, 1.165) is 11.3 Å². The molecule has 2 aromatic carbocycles. The van der Waals surface area contributed by atoms with Gasteiger partial charge in [0.1, 0.15) is 5.82 Å². The number of hydrogen-bond donors (Lipinski definition) is 2. The van der Waals surface area contributed by atoms with Crippen molar-refractivity contribution >= 4 is 28.9 Å². The third-order valence-electron chi connectivity index (χ3n) is 3.18. The average molecular weight is 316 g/mol. The van der Waals surface area contributed by atoms with Gasteiger partial charge in [0.25, 0.3) is 5.91 Å². The van der Waals surface area contributed by atoms with E-state index in [1.165, 1.54) is 18.2 Å². The van der Waals surface area contributed by atoms with Crippen LogP contribution in [0.2, 0.25) is 0 Å². The zero-order valence-corrected chi connectivity index (χ0v) is 13.2. The number of para-hydroxylation sites is 1. The van der Waals surface area contributed by atoms with Crippen LogP contribution in [0.15, 0.2) is 48.5 Å². The van der Waals surface area contributed by atoms with Crippen LogP contribution < -0.4 is 10.6 Å². The quantitative estimate of drug-likeness (QED) is 0.839. The summed E-state index contributed by atoms with van der Waals surface area (Å²) >= 11 is 5.14. The molecule has 0 aliphatic rings. The van der Waals surface area contributed by atoms with Crippen LogP contribution in [-0.4, -0.2) is 11.0 Å². The Bertz CT molecular complexity index is 701. The molecule has 0 spiro atoms. The van der Waals surface area contributed by atoms with E-state index in [-0.39, 0.29) is 10.7 Å². The Morgan fingerprint density at radius 1 is 1.09 bits per heavy atom. The first kappa shape index (κ1) is 16.1. The Hall–Kier alpha value is -2.27. The summed E-state index contributed by atoms with van der Waals surface area (Å²) in [7, 11) is 0. The molecular weight excluding hydrogens is 299 g/mol. The van der Waals surface area contributed by atoms with Crippen molar-refractivity contribution < 1.29 is 9.18 Å². The predicted molar refractivity (Wildman–Crippen MR) is 90.6 cm³/mol. The molecule has 0 unspecified atom stereocenters. The zero-order valence-electron chi connectivity index (χ0n) is 12.4. The van der Waals surface area contributed by atoms with Gasteiger partial charge in [-0.05, 0) is 41.9 Å². The van der Waals surface area contributed by atoms with E-state index in [2.05, 4.69) is 24.5 Å². The summed E-state index contributed by atoms with van der Waals surface area (Å²) < 4.78 is 13.6. The van der Waals surface area contributed by atoms with Crippen LogP contribution in [0.4, 0.5) is 10.1 Å². The first-order valence-corrected chi connectivity index (χ1v) is 7.35. The summed E-state index contributed by atoms with van der Waals surface area (Å²) in [5.41, 5.74) is 1.88. The minimum atomic E-state index is -0.578. The van der Waals surface area contributed by atoms with Gasteiger partial charge in [0.05, 0.1) is 5.56 Å². The summed E-state index contributed by atoms with van der Waals surface area (Å²) in [6, 6.07) is 13.5. The third-order valence-corrected chi connectivity index (χ3v) is 3.38. The lowest BCUT2D eigenvalue weighted by molar-refractivity contribution is 0.0974. The number of amides is 1. The van der Waals surface area contributed by atoms with Crippen LogP contribution in [0.3, 0.4) is 0 Å². The second-order valence-corrected chi connectivity index (χ2v) is 5.54. The fraction of sp³-hybridized carbons (Fsp3) is 0.176. The van der Waals surface area contributed by atoms with Crippen molar-refractivity contribution in [3.8, 4) is 0 Å². The molecule has 0 atom stereocenters. The maximum absolute atomic E-state index is 13.6. The summed E-state index contributed by atoms with van der Waals surface area (Å²) in [4.78, 5) is 12.0. The van der Waals surface area contributed by atoms with E-state index in [4.69, 9.17) is 12.2 Å². The van der Waals surface area contributed by atoms with Crippen LogP contribution in [0.1, 0.15) is 35.7 Å². The Morgan fingerprint density at radius 3 is 2.41 bits per heavy atom. The van der Waals surface area contributed by atoms with Crippen LogP contribution in [0.25, 0.3) is 0 Å². The van der Waals surface area contributed by atoms with Gasteiger partial charge in [-0.15, -0.1) is 0 Å². The van der Waals surface area contributed by atoms with Gasteiger partial charge >= 0.3 is 0 Å². The van der Waals surface area contributed by atoms with E-state index >= 15 is 0 Å². The number of benzene rings is 2. The predicted octanol–water partition coefficient (Wildman–Crippen LogP) is 4.08. The highest BCUT2D eigenvalue weighted by Crippen LogP contribution is 2.23. The Morgan fingerprint density at radius 2 is 1.73 bits per heavy atom. The van der Waals surface area contributed by atoms with E-state index in [1.807, 2.05) is 24.3 Å². The topological polar surface area (TPSA) is 41.1 Å². The smallest absolute Gasteiger partial charge is 0.260 e. The van der Waals surface area contributed by atoms with Crippen molar-refractivity contribution in [1.82, 2.24) is 5.32 Å². The SMILES string of the molecule is CC(C)c1ccccc1NC(=S)NC(=O)c1ccccc1F. The first-order valence-electron chi connectivity index (χ1n) is 6.95. The molecule has 1 amide bonds. The van der Waals surface area contributed by atoms with E-state index in [0.29, 0.717) is 5.92 Å². The Labute approximate surface area is 134 Å². The van der Waals surface area contributed by atoms with Gasteiger partial charge in [-0.2, -0.15) is 0 Å². The van der Waals surface area contributed by atoms with Gasteiger partial charge in [-0.1, -0.05) is 44.2 Å². The molecule has 22 heavy (non-hydrogen) atoms. The molecule has 0 saturated heterocycles. The molecule has 0 saturated carbocycles. The maximum Gasteiger partial charge on any atom is 0.260 e. The lowest BCUT2D eigenvalue weighted by Crippen LogP contribution is -2.34. The summed E-state index contributed by atoms with van der Waals surface area (Å²) in [5, 5.41) is 5.62. The monoisotopic (exact) mass is 316 g/mol. The highest BCUT2D eigenvalue weighted by Gasteiger charge is 2.13. The fourth-order valence-electron chi connectivity index (χ4n) is 2.08. The molecule has 0 heterocycles. The van der Waals surface area contributed by atoms with Crippen LogP contribution in [0.5, 0.6) is 0 Å². The number of carbonyl (C=O) groups excluding carboxylic acids is 1. The lowest BCUT2D eigenvalue weighted by atomic mass is 10.0. The Kier molecular flexibility index (Phi) is 5.22. The van der Waals surface area contributed by atoms with Gasteiger partial charge in [-0.25, -0.2) is 4.39 Å². The standard InChI is InChI=1S/C17H17FN2OS/c1-11(2)12-7-4-6-10-15(12)19-17(22)20-16(21)13-8-3-5-9-14(13)18/h3-11H,1-2H3,(H2,19,20,21,22). The molecule has 0 aromatic heterocycles. The summed E-state index contributed by atoms with van der Waals surface area (Å²) in [5.74, 6) is -0.836. The molecule has 2 aromatic rings. The second-order valence-electron chi connectivity index (χ2n) is 5.13. The lowest BCUT2D eigenvalue weighted by Gasteiger charge is -2.15. The summed E-state index contributed by atoms with van der Waals surface area (Å²) in [6.45, 7) is 4.14. The van der Waals surface area contributed by atoms with Crippen molar-refractivity contribution in [3.63, 3.8) is 0 Å². The molecule has 5 heteroatoms. The van der Waals surface area contributed by atoms with E-state index in [1.54, 1.807) is 6.07 Å². The highest BCUT2D eigenvalue weighted by atomic mass is 32.1. The number of carbonyl (C=O) groups is 1. The average Bonchev–Trinajstić information content (AvgIpc) is 2.47. The molecule has 114 valence electrons. The highest BCUT2D eigenvalue weighted by molar-refractivity contribution is 7.80. The Balaban J connectivity index is 2.08. The van der Waals surface area contributed by atoms with Crippen molar-refractivity contribution in [1.29, 1.82) is 0 Å². The molecular formula is C17H17FN2OS.